The highest BCUT2D eigenvalue weighted by atomic mass is 16.4. The number of aliphatic carboxylic acids is 1. The van der Waals surface area contributed by atoms with Crippen molar-refractivity contribution in [3.63, 3.8) is 0 Å². The van der Waals surface area contributed by atoms with Crippen LogP contribution in [0.3, 0.4) is 0 Å². The zero-order valence-electron chi connectivity index (χ0n) is 9.53. The van der Waals surface area contributed by atoms with Crippen molar-refractivity contribution in [1.82, 2.24) is 4.90 Å². The lowest BCUT2D eigenvalue weighted by atomic mass is 9.77. The van der Waals surface area contributed by atoms with Crippen LogP contribution in [0.15, 0.2) is 0 Å². The zero-order chi connectivity index (χ0) is 10.9. The summed E-state index contributed by atoms with van der Waals surface area (Å²) in [6, 6.07) is 0.715. The van der Waals surface area contributed by atoms with E-state index in [1.165, 1.54) is 0 Å². The van der Waals surface area contributed by atoms with E-state index >= 15 is 0 Å². The molecule has 1 aliphatic rings. The lowest BCUT2D eigenvalue weighted by Gasteiger charge is -2.44. The van der Waals surface area contributed by atoms with Crippen LogP contribution in [0, 0.1) is 11.8 Å². The Morgan fingerprint density at radius 2 is 1.93 bits per heavy atom. The molecule has 3 unspecified atom stereocenters. The third-order valence-corrected chi connectivity index (χ3v) is 3.69. The predicted molar refractivity (Wildman–Crippen MR) is 56.2 cm³/mol. The van der Waals surface area contributed by atoms with Gasteiger partial charge < -0.3 is 5.11 Å². The maximum Gasteiger partial charge on any atom is 0.308 e. The second-order valence-electron chi connectivity index (χ2n) is 4.74. The molecule has 3 heteroatoms. The first-order valence-electron chi connectivity index (χ1n) is 5.40. The van der Waals surface area contributed by atoms with Crippen LogP contribution >= 0.6 is 0 Å². The topological polar surface area (TPSA) is 40.5 Å². The van der Waals surface area contributed by atoms with Crippen LogP contribution in [-0.4, -0.2) is 35.1 Å². The number of carboxylic acids is 1. The quantitative estimate of drug-likeness (QED) is 0.751. The summed E-state index contributed by atoms with van der Waals surface area (Å²) in [5.41, 5.74) is 0. The molecular weight excluding hydrogens is 178 g/mol. The van der Waals surface area contributed by atoms with Gasteiger partial charge in [-0.2, -0.15) is 0 Å². The Bertz CT molecular complexity index is 215. The second-order valence-corrected chi connectivity index (χ2v) is 4.74. The summed E-state index contributed by atoms with van der Waals surface area (Å²) < 4.78 is 0. The standard InChI is InChI=1S/C11H21NO2/c1-7(2)8(3)12(4)10-6-5-9(10)11(13)14/h7-10H,5-6H2,1-4H3,(H,13,14). The minimum absolute atomic E-state index is 0.138. The number of nitrogens with zero attached hydrogens (tertiary/aromatic N) is 1. The molecule has 0 aromatic heterocycles. The van der Waals surface area contributed by atoms with Crippen LogP contribution in [-0.2, 0) is 4.79 Å². The molecule has 14 heavy (non-hydrogen) atoms. The Balaban J connectivity index is 2.53. The Kier molecular flexibility index (Phi) is 3.53. The van der Waals surface area contributed by atoms with Crippen LogP contribution in [0.5, 0.6) is 0 Å². The van der Waals surface area contributed by atoms with Gasteiger partial charge in [0.05, 0.1) is 5.92 Å². The molecule has 0 radical (unpaired) electrons. The molecule has 1 saturated carbocycles. The fraction of sp³-hybridized carbons (Fsp3) is 0.909. The van der Waals surface area contributed by atoms with Gasteiger partial charge in [0, 0.05) is 12.1 Å². The van der Waals surface area contributed by atoms with E-state index in [0.717, 1.165) is 12.8 Å². The molecule has 0 heterocycles. The zero-order valence-corrected chi connectivity index (χ0v) is 9.53. The largest absolute Gasteiger partial charge is 0.481 e. The number of hydrogen-bond donors (Lipinski definition) is 1. The lowest BCUT2D eigenvalue weighted by Crippen LogP contribution is -2.52. The van der Waals surface area contributed by atoms with Gasteiger partial charge in [0.2, 0.25) is 0 Å². The molecule has 3 nitrogen and oxygen atoms in total. The molecule has 0 aliphatic heterocycles. The Morgan fingerprint density at radius 3 is 2.21 bits per heavy atom. The van der Waals surface area contributed by atoms with Crippen LogP contribution in [0.2, 0.25) is 0 Å². The van der Waals surface area contributed by atoms with E-state index in [4.69, 9.17) is 5.11 Å². The molecule has 0 saturated heterocycles. The average molecular weight is 199 g/mol. The SMILES string of the molecule is CC(C)C(C)N(C)C1CCC1C(=O)O. The third kappa shape index (κ3) is 2.08. The number of hydrogen-bond acceptors (Lipinski definition) is 2. The molecule has 1 rings (SSSR count). The smallest absolute Gasteiger partial charge is 0.308 e. The van der Waals surface area contributed by atoms with Crippen LogP contribution in [0.25, 0.3) is 0 Å². The normalized spacial score (nSPS) is 29.0. The molecule has 82 valence electrons. The van der Waals surface area contributed by atoms with Crippen LogP contribution in [0.1, 0.15) is 33.6 Å². The van der Waals surface area contributed by atoms with Crippen molar-refractivity contribution in [3.05, 3.63) is 0 Å². The molecule has 1 fully saturated rings. The van der Waals surface area contributed by atoms with Crippen molar-refractivity contribution in [1.29, 1.82) is 0 Å². The van der Waals surface area contributed by atoms with E-state index in [1.54, 1.807) is 0 Å². The Morgan fingerprint density at radius 1 is 1.36 bits per heavy atom. The maximum atomic E-state index is 10.9. The molecular formula is C11H21NO2. The minimum atomic E-state index is -0.635. The summed E-state index contributed by atoms with van der Waals surface area (Å²) in [6.07, 6.45) is 1.87. The van der Waals surface area contributed by atoms with Crippen molar-refractivity contribution >= 4 is 5.97 Å². The lowest BCUT2D eigenvalue weighted by molar-refractivity contribution is -0.149. The Labute approximate surface area is 86.1 Å². The highest BCUT2D eigenvalue weighted by Crippen LogP contribution is 2.33. The minimum Gasteiger partial charge on any atom is -0.481 e. The molecule has 0 aromatic rings. The average Bonchev–Trinajstić information content (AvgIpc) is 1.99. The van der Waals surface area contributed by atoms with Crippen molar-refractivity contribution in [2.75, 3.05) is 7.05 Å². The predicted octanol–water partition coefficient (Wildman–Crippen LogP) is 1.83. The summed E-state index contributed by atoms with van der Waals surface area (Å²) in [6.45, 7) is 6.52. The van der Waals surface area contributed by atoms with E-state index in [0.29, 0.717) is 12.0 Å². The third-order valence-electron chi connectivity index (χ3n) is 3.69. The molecule has 0 bridgehead atoms. The van der Waals surface area contributed by atoms with Gasteiger partial charge in [-0.15, -0.1) is 0 Å². The van der Waals surface area contributed by atoms with Crippen LogP contribution in [0.4, 0.5) is 0 Å². The number of rotatable bonds is 4. The molecule has 0 spiro atoms. The van der Waals surface area contributed by atoms with Crippen molar-refractivity contribution in [2.24, 2.45) is 11.8 Å². The van der Waals surface area contributed by atoms with Gasteiger partial charge in [-0.25, -0.2) is 0 Å². The van der Waals surface area contributed by atoms with E-state index in [2.05, 4.69) is 25.7 Å². The number of carboxylic acid groups (broad SMARTS) is 1. The van der Waals surface area contributed by atoms with Crippen molar-refractivity contribution < 1.29 is 9.90 Å². The molecule has 0 amide bonds. The van der Waals surface area contributed by atoms with Gasteiger partial charge in [0.15, 0.2) is 0 Å². The summed E-state index contributed by atoms with van der Waals surface area (Å²) in [4.78, 5) is 13.1. The van der Waals surface area contributed by atoms with Gasteiger partial charge in [-0.1, -0.05) is 13.8 Å². The first-order chi connectivity index (χ1) is 6.45. The fourth-order valence-electron chi connectivity index (χ4n) is 2.03. The van der Waals surface area contributed by atoms with Crippen molar-refractivity contribution in [3.8, 4) is 0 Å². The highest BCUT2D eigenvalue weighted by molar-refractivity contribution is 5.72. The monoisotopic (exact) mass is 199 g/mol. The van der Waals surface area contributed by atoms with Gasteiger partial charge in [0.25, 0.3) is 0 Å². The first kappa shape index (κ1) is 11.5. The summed E-state index contributed by atoms with van der Waals surface area (Å²) in [7, 11) is 2.05. The van der Waals surface area contributed by atoms with Gasteiger partial charge >= 0.3 is 5.97 Å². The summed E-state index contributed by atoms with van der Waals surface area (Å²) in [5.74, 6) is -0.194. The van der Waals surface area contributed by atoms with E-state index in [-0.39, 0.29) is 12.0 Å². The molecule has 1 N–H and O–H groups in total. The first-order valence-corrected chi connectivity index (χ1v) is 5.40. The second kappa shape index (κ2) is 4.30. The maximum absolute atomic E-state index is 10.9. The Hall–Kier alpha value is -0.570. The van der Waals surface area contributed by atoms with Gasteiger partial charge in [-0.3, -0.25) is 9.69 Å². The molecule has 0 aromatic carbocycles. The summed E-state index contributed by atoms with van der Waals surface area (Å²) >= 11 is 0. The van der Waals surface area contributed by atoms with Gasteiger partial charge in [0.1, 0.15) is 0 Å². The van der Waals surface area contributed by atoms with E-state index in [9.17, 15) is 4.79 Å². The summed E-state index contributed by atoms with van der Waals surface area (Å²) in [5, 5.41) is 8.95. The van der Waals surface area contributed by atoms with Crippen LogP contribution < -0.4 is 0 Å². The fourth-order valence-corrected chi connectivity index (χ4v) is 2.03. The van der Waals surface area contributed by atoms with E-state index < -0.39 is 5.97 Å². The highest BCUT2D eigenvalue weighted by Gasteiger charge is 2.40. The van der Waals surface area contributed by atoms with E-state index in [1.807, 2.05) is 7.05 Å². The van der Waals surface area contributed by atoms with Crippen molar-refractivity contribution in [2.45, 2.75) is 45.7 Å². The molecule has 1 aliphatic carbocycles. The van der Waals surface area contributed by atoms with Gasteiger partial charge in [-0.05, 0) is 32.7 Å². The number of carbonyl (C=O) groups is 1. The molecule has 3 atom stereocenters.